The Balaban J connectivity index is 0.000000550. The van der Waals surface area contributed by atoms with E-state index in [1.165, 1.54) is 37.2 Å². The minimum atomic E-state index is -0.593. The molecule has 0 amide bonds. The molecule has 3 nitrogen and oxygen atoms in total. The molecule has 25 heavy (non-hydrogen) atoms. The van der Waals surface area contributed by atoms with Crippen LogP contribution in [-0.4, -0.2) is 37.7 Å². The molecule has 0 bridgehead atoms. The van der Waals surface area contributed by atoms with Gasteiger partial charge in [0.05, 0.1) is 19.8 Å². The normalized spacial score (nSPS) is 9.88. The summed E-state index contributed by atoms with van der Waals surface area (Å²) in [7, 11) is 3.00. The van der Waals surface area contributed by atoms with Crippen LogP contribution in [0.2, 0.25) is 5.09 Å². The molecule has 0 aromatic heterocycles. The van der Waals surface area contributed by atoms with Gasteiger partial charge in [-0.05, 0) is 42.8 Å². The number of rotatable bonds is 6. The number of ether oxygens (including phenoxy) is 2. The third kappa shape index (κ3) is 6.23. The van der Waals surface area contributed by atoms with Crippen LogP contribution in [0.1, 0.15) is 41.3 Å². The number of hydrogen-bond donors (Lipinski definition) is 0. The summed E-state index contributed by atoms with van der Waals surface area (Å²) in [6.07, 6.45) is 2.73. The summed E-state index contributed by atoms with van der Waals surface area (Å²) >= 11 is 2.21. The fraction of sp³-hybridized carbons (Fsp3) is 0.350. The van der Waals surface area contributed by atoms with Crippen LogP contribution in [0.15, 0.2) is 36.4 Å². The van der Waals surface area contributed by atoms with Crippen molar-refractivity contribution in [3.05, 3.63) is 58.9 Å². The average molecular weight is 338 g/mol. The molecule has 0 fully saturated rings. The van der Waals surface area contributed by atoms with E-state index in [4.69, 9.17) is 9.47 Å². The van der Waals surface area contributed by atoms with Crippen LogP contribution < -0.4 is 9.47 Å². The summed E-state index contributed by atoms with van der Waals surface area (Å²) in [6, 6.07) is 9.26. The molecule has 2 aromatic rings. The van der Waals surface area contributed by atoms with E-state index < -0.39 is 5.82 Å². The van der Waals surface area contributed by atoms with Gasteiger partial charge in [0.15, 0.2) is 5.78 Å². The molecule has 0 atom stereocenters. The Morgan fingerprint density at radius 2 is 1.60 bits per heavy atom. The van der Waals surface area contributed by atoms with E-state index in [-0.39, 0.29) is 11.3 Å². The van der Waals surface area contributed by atoms with Gasteiger partial charge >= 0.3 is 42.6 Å². The topological polar surface area (TPSA) is 35.5 Å². The number of halogens is 1. The number of carbonyl (C=O) groups excluding carboxylic acids is 1. The fourth-order valence-electron chi connectivity index (χ4n) is 2.32. The molecule has 0 spiro atoms. The number of methoxy groups -OCH3 is 2. The zero-order chi connectivity index (χ0) is 18.8. The van der Waals surface area contributed by atoms with Crippen molar-refractivity contribution in [1.82, 2.24) is 0 Å². The number of benzene rings is 2. The van der Waals surface area contributed by atoms with Gasteiger partial charge in [-0.2, -0.15) is 0 Å². The summed E-state index contributed by atoms with van der Waals surface area (Å²) < 4.78 is 23.9. The van der Waals surface area contributed by atoms with Gasteiger partial charge in [-0.3, -0.25) is 4.79 Å². The molecule has 2 aromatic carbocycles. The van der Waals surface area contributed by atoms with Gasteiger partial charge in [0, 0.05) is 11.6 Å². The summed E-state index contributed by atoms with van der Waals surface area (Å²) in [5.74, 6) is 0.0922. The Morgan fingerprint density at radius 3 is 2.00 bits per heavy atom. The van der Waals surface area contributed by atoms with Crippen LogP contribution in [0.3, 0.4) is 0 Å². The Morgan fingerprint density at radius 1 is 1.04 bits per heavy atom. The standard InChI is InChI=1S/C16H15FO3.C4H9.Li/c1-10-8-11(19-2)4-6-13(10)16(18)14-7-5-12(20-3)9-15(14)17;1-3-4-2;/h4-9H,1-3H3;1,3-4H2,2H3;. The molecular weight excluding hydrogens is 314 g/mol. The summed E-state index contributed by atoms with van der Waals surface area (Å²) in [5.41, 5.74) is 1.22. The maximum atomic E-state index is 13.9. The van der Waals surface area contributed by atoms with Crippen LogP contribution in [0.4, 0.5) is 4.39 Å². The predicted molar refractivity (Wildman–Crippen MR) is 99.6 cm³/mol. The Labute approximate surface area is 158 Å². The van der Waals surface area contributed by atoms with E-state index in [0.717, 1.165) is 5.56 Å². The number of ketones is 1. The second-order valence-corrected chi connectivity index (χ2v) is 5.71. The minimum absolute atomic E-state index is 0.0269. The van der Waals surface area contributed by atoms with E-state index >= 15 is 0 Å². The molecule has 0 N–H and O–H groups in total. The van der Waals surface area contributed by atoms with Crippen molar-refractivity contribution in [2.24, 2.45) is 0 Å². The molecule has 0 heterocycles. The predicted octanol–water partition coefficient (Wildman–Crippen LogP) is 4.76. The first-order valence-electron chi connectivity index (χ1n) is 8.51. The van der Waals surface area contributed by atoms with Gasteiger partial charge in [0.1, 0.15) is 17.3 Å². The molecule has 0 aliphatic heterocycles. The van der Waals surface area contributed by atoms with Crippen molar-refractivity contribution in [3.8, 4) is 11.5 Å². The van der Waals surface area contributed by atoms with E-state index in [0.29, 0.717) is 17.1 Å². The van der Waals surface area contributed by atoms with Crippen LogP contribution in [-0.2, 0) is 0 Å². The third-order valence-corrected chi connectivity index (χ3v) is 3.81. The average Bonchev–Trinajstić information content (AvgIpc) is 2.62. The molecule has 0 aliphatic carbocycles. The first kappa shape index (κ1) is 21.3. The number of carbonyl (C=O) groups is 1. The quantitative estimate of drug-likeness (QED) is 0.563. The molecule has 130 valence electrons. The van der Waals surface area contributed by atoms with E-state index in [1.54, 1.807) is 38.3 Å². The second kappa shape index (κ2) is 11.0. The van der Waals surface area contributed by atoms with Gasteiger partial charge in [0.25, 0.3) is 0 Å². The van der Waals surface area contributed by atoms with Crippen molar-refractivity contribution < 1.29 is 18.7 Å². The van der Waals surface area contributed by atoms with E-state index in [1.807, 2.05) is 0 Å². The molecule has 0 saturated heterocycles. The Bertz CT molecular complexity index is 644. The van der Waals surface area contributed by atoms with Gasteiger partial charge < -0.3 is 9.47 Å². The van der Waals surface area contributed by atoms with E-state index in [9.17, 15) is 9.18 Å². The second-order valence-electron chi connectivity index (χ2n) is 5.71. The van der Waals surface area contributed by atoms with Gasteiger partial charge in [0.2, 0.25) is 0 Å². The van der Waals surface area contributed by atoms with Crippen LogP contribution in [0.25, 0.3) is 0 Å². The molecule has 0 radical (unpaired) electrons. The third-order valence-electron chi connectivity index (χ3n) is 3.81. The van der Waals surface area contributed by atoms with Crippen molar-refractivity contribution in [2.45, 2.75) is 31.8 Å². The van der Waals surface area contributed by atoms with Crippen LogP contribution >= 0.6 is 0 Å². The van der Waals surface area contributed by atoms with Crippen LogP contribution in [0, 0.1) is 12.7 Å². The first-order chi connectivity index (χ1) is 12.0. The summed E-state index contributed by atoms with van der Waals surface area (Å²) in [5, 5.41) is 1.34. The summed E-state index contributed by atoms with van der Waals surface area (Å²) in [4.78, 5) is 12.4. The van der Waals surface area contributed by atoms with Gasteiger partial charge in [-0.15, -0.1) is 0 Å². The van der Waals surface area contributed by atoms with Crippen LogP contribution in [0.5, 0.6) is 11.5 Å². The van der Waals surface area contributed by atoms with E-state index in [2.05, 4.69) is 24.6 Å². The fourth-order valence-corrected chi connectivity index (χ4v) is 2.32. The Kier molecular flexibility index (Phi) is 9.34. The molecule has 0 aliphatic rings. The molecular formula is C20H24FLiO3. The summed E-state index contributed by atoms with van der Waals surface area (Å²) in [6.45, 7) is 4.00. The zero-order valence-electron chi connectivity index (χ0n) is 15.7. The van der Waals surface area contributed by atoms with Gasteiger partial charge in [-0.25, -0.2) is 4.39 Å². The Hall–Kier alpha value is -1.76. The number of hydrogen-bond acceptors (Lipinski definition) is 3. The first-order valence-corrected chi connectivity index (χ1v) is 8.51. The molecule has 0 unspecified atom stereocenters. The number of unbranched alkanes of at least 4 members (excludes halogenated alkanes) is 1. The van der Waals surface area contributed by atoms with Crippen molar-refractivity contribution in [3.63, 3.8) is 0 Å². The molecule has 5 heteroatoms. The van der Waals surface area contributed by atoms with Crippen molar-refractivity contribution in [1.29, 1.82) is 0 Å². The number of aryl methyl sites for hydroxylation is 1. The van der Waals surface area contributed by atoms with Crippen molar-refractivity contribution in [2.75, 3.05) is 14.2 Å². The molecule has 2 rings (SSSR count). The maximum absolute atomic E-state index is 13.9. The van der Waals surface area contributed by atoms with Gasteiger partial charge in [-0.1, -0.05) is 0 Å². The SMILES string of the molecule is COc1ccc(C(=O)c2ccc(OC)cc2F)c(C)c1.[Li][CH2]CCC. The molecule has 0 saturated carbocycles. The monoisotopic (exact) mass is 338 g/mol. The zero-order valence-corrected chi connectivity index (χ0v) is 15.7. The van der Waals surface area contributed by atoms with Crippen molar-refractivity contribution >= 4 is 23.5 Å².